The van der Waals surface area contributed by atoms with Crippen LogP contribution in [0.5, 0.6) is 0 Å². The molecule has 0 bridgehead atoms. The standard InChI is InChI=1S/C20H35Si3.3CH3.Pt/c1-10-15-21(4,5)18-13-14-19(22(6,7)16-11-2)20(18)23(8,9)17-12-3;;;;/h10-14H,1-3,15-17H2,4-9H3;3*1H3;/q4*-1;+4. The first-order valence-corrected chi connectivity index (χ1v) is 18.3. The Bertz CT molecular complexity index is 541. The maximum atomic E-state index is 4.04. The maximum absolute atomic E-state index is 4.04. The molecule has 0 nitrogen and oxygen atoms in total. The summed E-state index contributed by atoms with van der Waals surface area (Å²) in [6.45, 7) is 27.1. The molecule has 0 saturated carbocycles. The minimum absolute atomic E-state index is 0. The molecule has 1 rings (SSSR count). The molecular formula is C23H44PtSi3. The summed E-state index contributed by atoms with van der Waals surface area (Å²) < 4.78 is 0. The smallest absolute Gasteiger partial charge is 0.358 e. The van der Waals surface area contributed by atoms with E-state index in [1.54, 1.807) is 15.6 Å². The fraction of sp³-hybridized carbons (Fsp3) is 0.391. The molecule has 0 aromatic heterocycles. The van der Waals surface area contributed by atoms with E-state index >= 15 is 0 Å². The van der Waals surface area contributed by atoms with Gasteiger partial charge in [0.05, 0.1) is 8.07 Å². The van der Waals surface area contributed by atoms with E-state index in [-0.39, 0.29) is 43.3 Å². The third kappa shape index (κ3) is 8.04. The van der Waals surface area contributed by atoms with Crippen molar-refractivity contribution in [1.82, 2.24) is 0 Å². The van der Waals surface area contributed by atoms with Gasteiger partial charge in [-0.15, -0.1) is 19.7 Å². The third-order valence-electron chi connectivity index (χ3n) is 5.05. The van der Waals surface area contributed by atoms with Crippen molar-refractivity contribution in [3.05, 3.63) is 72.4 Å². The van der Waals surface area contributed by atoms with E-state index in [0.29, 0.717) is 0 Å². The van der Waals surface area contributed by atoms with Crippen molar-refractivity contribution in [2.75, 3.05) is 0 Å². The summed E-state index contributed by atoms with van der Waals surface area (Å²) in [4.78, 5) is 0. The fourth-order valence-electron chi connectivity index (χ4n) is 3.74. The van der Waals surface area contributed by atoms with Crippen LogP contribution < -0.4 is 15.6 Å². The Morgan fingerprint density at radius 3 is 1.59 bits per heavy atom. The molecule has 0 radical (unpaired) electrons. The molecule has 0 N–H and O–H groups in total. The van der Waals surface area contributed by atoms with Crippen LogP contribution in [0, 0.1) is 22.3 Å². The van der Waals surface area contributed by atoms with Gasteiger partial charge in [0.15, 0.2) is 0 Å². The molecule has 0 saturated heterocycles. The number of hydrogen-bond donors (Lipinski definition) is 0. The summed E-state index contributed by atoms with van der Waals surface area (Å²) in [7, 11) is -4.44. The SMILES string of the molecule is C=CC[Si](C)(C)c1cc[c-]([Si](C)(C)CC=C)c1[Si](C)(C)CC=C.[CH3-].[CH3-].[CH3-].[Pt+4]. The van der Waals surface area contributed by atoms with Crippen molar-refractivity contribution in [2.24, 2.45) is 0 Å². The Balaban J connectivity index is -0.000000661. The minimum Gasteiger partial charge on any atom is -0.358 e. The van der Waals surface area contributed by atoms with Crippen LogP contribution in [-0.4, -0.2) is 24.2 Å². The zero-order chi connectivity index (χ0) is 17.9. The molecule has 0 fully saturated rings. The topological polar surface area (TPSA) is 0 Å². The number of allylic oxidation sites excluding steroid dienone is 3. The zero-order valence-corrected chi connectivity index (χ0v) is 24.7. The molecule has 0 amide bonds. The number of rotatable bonds is 9. The molecule has 0 aliphatic carbocycles. The van der Waals surface area contributed by atoms with E-state index in [1.807, 2.05) is 0 Å². The van der Waals surface area contributed by atoms with Gasteiger partial charge >= 0.3 is 21.1 Å². The van der Waals surface area contributed by atoms with E-state index in [4.69, 9.17) is 0 Å². The van der Waals surface area contributed by atoms with E-state index < -0.39 is 24.2 Å². The largest absolute Gasteiger partial charge is 4.00 e. The molecule has 1 aromatic rings. The van der Waals surface area contributed by atoms with Crippen LogP contribution in [0.2, 0.25) is 57.4 Å². The van der Waals surface area contributed by atoms with Crippen molar-refractivity contribution in [2.45, 2.75) is 57.4 Å². The van der Waals surface area contributed by atoms with Gasteiger partial charge in [0, 0.05) is 16.1 Å². The quantitative estimate of drug-likeness (QED) is 0.184. The van der Waals surface area contributed by atoms with Gasteiger partial charge in [0.2, 0.25) is 0 Å². The van der Waals surface area contributed by atoms with Crippen LogP contribution in [0.3, 0.4) is 0 Å². The molecule has 0 aliphatic rings. The summed E-state index contributed by atoms with van der Waals surface area (Å²) in [6, 6.07) is 8.41. The van der Waals surface area contributed by atoms with Gasteiger partial charge < -0.3 is 22.3 Å². The predicted octanol–water partition coefficient (Wildman–Crippen LogP) is 6.06. The van der Waals surface area contributed by atoms with E-state index in [9.17, 15) is 0 Å². The summed E-state index contributed by atoms with van der Waals surface area (Å²) in [5.74, 6) is 0. The van der Waals surface area contributed by atoms with Crippen LogP contribution >= 0.6 is 0 Å². The predicted molar refractivity (Wildman–Crippen MR) is 138 cm³/mol. The summed E-state index contributed by atoms with van der Waals surface area (Å²) >= 11 is 0. The first kappa shape index (κ1) is 34.4. The van der Waals surface area contributed by atoms with Gasteiger partial charge in [0.1, 0.15) is 0 Å². The molecule has 0 spiro atoms. The fourth-order valence-corrected chi connectivity index (χ4v) is 15.1. The van der Waals surface area contributed by atoms with Gasteiger partial charge in [-0.1, -0.05) is 57.5 Å². The normalized spacial score (nSPS) is 11.0. The second-order valence-corrected chi connectivity index (χ2v) is 22.8. The van der Waals surface area contributed by atoms with Crippen molar-refractivity contribution < 1.29 is 21.1 Å². The molecule has 4 heteroatoms. The molecule has 27 heavy (non-hydrogen) atoms. The first-order valence-electron chi connectivity index (χ1n) is 8.67. The van der Waals surface area contributed by atoms with E-state index in [0.717, 1.165) is 18.1 Å². The monoisotopic (exact) mass is 599 g/mol. The molecule has 158 valence electrons. The zero-order valence-electron chi connectivity index (χ0n) is 19.4. The van der Waals surface area contributed by atoms with Crippen molar-refractivity contribution in [3.63, 3.8) is 0 Å². The molecule has 0 atom stereocenters. The van der Waals surface area contributed by atoms with Crippen LogP contribution in [0.1, 0.15) is 0 Å². The minimum atomic E-state index is -1.51. The Kier molecular flexibility index (Phi) is 16.8. The Morgan fingerprint density at radius 2 is 1.19 bits per heavy atom. The average molecular weight is 600 g/mol. The second kappa shape index (κ2) is 13.2. The summed E-state index contributed by atoms with van der Waals surface area (Å²) in [5.41, 5.74) is 0. The molecule has 0 unspecified atom stereocenters. The molecule has 1 aromatic carbocycles. The Labute approximate surface area is 189 Å². The molecule has 0 heterocycles. The van der Waals surface area contributed by atoms with Gasteiger partial charge in [0.25, 0.3) is 0 Å². The van der Waals surface area contributed by atoms with E-state index in [2.05, 4.69) is 89.4 Å². The van der Waals surface area contributed by atoms with Gasteiger partial charge in [-0.25, -0.2) is 11.3 Å². The van der Waals surface area contributed by atoms with Crippen molar-refractivity contribution in [3.8, 4) is 0 Å². The third-order valence-corrected chi connectivity index (χ3v) is 15.1. The van der Waals surface area contributed by atoms with Crippen molar-refractivity contribution in [1.29, 1.82) is 0 Å². The van der Waals surface area contributed by atoms with Crippen LogP contribution in [0.4, 0.5) is 0 Å². The van der Waals surface area contributed by atoms with E-state index in [1.165, 1.54) is 0 Å². The van der Waals surface area contributed by atoms with Gasteiger partial charge in [-0.3, -0.25) is 0 Å². The Hall–Kier alpha value is -0.0910. The maximum Gasteiger partial charge on any atom is 4.00 e. The second-order valence-electron chi connectivity index (χ2n) is 8.67. The average Bonchev–Trinajstić information content (AvgIpc) is 2.85. The Morgan fingerprint density at radius 1 is 0.778 bits per heavy atom. The van der Waals surface area contributed by atoms with Gasteiger partial charge in [-0.05, 0) is 18.1 Å². The van der Waals surface area contributed by atoms with Crippen LogP contribution in [0.15, 0.2) is 50.1 Å². The van der Waals surface area contributed by atoms with Gasteiger partial charge in [-0.2, -0.15) is 16.4 Å². The van der Waals surface area contributed by atoms with Crippen molar-refractivity contribution >= 4 is 39.8 Å². The van der Waals surface area contributed by atoms with Crippen LogP contribution in [-0.2, 0) is 21.1 Å². The molecule has 0 aliphatic heterocycles. The first-order chi connectivity index (χ1) is 10.5. The molecular weight excluding hydrogens is 556 g/mol. The summed E-state index contributed by atoms with van der Waals surface area (Å²) in [6.07, 6.45) is 6.38. The summed E-state index contributed by atoms with van der Waals surface area (Å²) in [5, 5.41) is 5.14. The van der Waals surface area contributed by atoms with Crippen LogP contribution in [0.25, 0.3) is 0 Å². The number of hydrogen-bond acceptors (Lipinski definition) is 0.